The van der Waals surface area contributed by atoms with Gasteiger partial charge in [-0.3, -0.25) is 0 Å². The van der Waals surface area contributed by atoms with Gasteiger partial charge in [0, 0.05) is 0 Å². The number of hydrogen-bond donors (Lipinski definition) is 0. The van der Waals surface area contributed by atoms with Crippen molar-refractivity contribution in [3.63, 3.8) is 0 Å². The topological polar surface area (TPSA) is 26.3 Å². The van der Waals surface area contributed by atoms with Crippen molar-refractivity contribution in [3.8, 4) is 0 Å². The first-order valence-corrected chi connectivity index (χ1v) is 8.20. The third kappa shape index (κ3) is 5.27. The van der Waals surface area contributed by atoms with Crippen molar-refractivity contribution >= 4 is 17.7 Å². The zero-order chi connectivity index (χ0) is 14.3. The Bertz CT molecular complexity index is 384. The highest BCUT2D eigenvalue weighted by Crippen LogP contribution is 2.20. The SMILES string of the molecule is CCCCc1ccc(C(=O)OC(SC)C(C)C)cc1. The molecule has 0 aliphatic rings. The van der Waals surface area contributed by atoms with E-state index in [1.807, 2.05) is 30.5 Å². The normalized spacial score (nSPS) is 12.5. The number of ether oxygens (including phenoxy) is 1. The van der Waals surface area contributed by atoms with Crippen LogP contribution in [-0.2, 0) is 11.2 Å². The zero-order valence-electron chi connectivity index (χ0n) is 12.3. The Morgan fingerprint density at radius 2 is 1.89 bits per heavy atom. The van der Waals surface area contributed by atoms with Gasteiger partial charge in [-0.15, -0.1) is 11.8 Å². The number of carbonyl (C=O) groups excluding carboxylic acids is 1. The maximum atomic E-state index is 12.0. The minimum absolute atomic E-state index is 0.0766. The first-order valence-electron chi connectivity index (χ1n) is 6.91. The minimum atomic E-state index is -0.227. The van der Waals surface area contributed by atoms with E-state index in [1.165, 1.54) is 18.4 Å². The van der Waals surface area contributed by atoms with Crippen LogP contribution in [0.1, 0.15) is 49.5 Å². The molecule has 3 heteroatoms. The average molecular weight is 280 g/mol. The second kappa shape index (κ2) is 8.26. The maximum absolute atomic E-state index is 12.0. The van der Waals surface area contributed by atoms with Crippen LogP contribution in [0.25, 0.3) is 0 Å². The molecular weight excluding hydrogens is 256 g/mol. The molecule has 2 nitrogen and oxygen atoms in total. The van der Waals surface area contributed by atoms with E-state index in [2.05, 4.69) is 20.8 Å². The lowest BCUT2D eigenvalue weighted by atomic mass is 10.1. The highest BCUT2D eigenvalue weighted by molar-refractivity contribution is 7.99. The highest BCUT2D eigenvalue weighted by atomic mass is 32.2. The smallest absolute Gasteiger partial charge is 0.339 e. The van der Waals surface area contributed by atoms with Crippen molar-refractivity contribution in [2.24, 2.45) is 5.92 Å². The molecule has 0 saturated carbocycles. The predicted molar refractivity (Wildman–Crippen MR) is 82.6 cm³/mol. The summed E-state index contributed by atoms with van der Waals surface area (Å²) in [6.07, 6.45) is 5.41. The Balaban J connectivity index is 2.62. The zero-order valence-corrected chi connectivity index (χ0v) is 13.1. The monoisotopic (exact) mass is 280 g/mol. The molecule has 106 valence electrons. The van der Waals surface area contributed by atoms with Crippen molar-refractivity contribution in [3.05, 3.63) is 35.4 Å². The van der Waals surface area contributed by atoms with Gasteiger partial charge in [0.2, 0.25) is 0 Å². The largest absolute Gasteiger partial charge is 0.447 e. The van der Waals surface area contributed by atoms with Crippen molar-refractivity contribution in [1.29, 1.82) is 0 Å². The van der Waals surface area contributed by atoms with Gasteiger partial charge in [-0.05, 0) is 42.7 Å². The summed E-state index contributed by atoms with van der Waals surface area (Å²) < 4.78 is 5.49. The van der Waals surface area contributed by atoms with Crippen LogP contribution in [0.4, 0.5) is 0 Å². The predicted octanol–water partition coefficient (Wildman–Crippen LogP) is 4.53. The van der Waals surface area contributed by atoms with Crippen LogP contribution in [0.15, 0.2) is 24.3 Å². The third-order valence-electron chi connectivity index (χ3n) is 3.01. The van der Waals surface area contributed by atoms with E-state index < -0.39 is 0 Å². The lowest BCUT2D eigenvalue weighted by Gasteiger charge is -2.19. The van der Waals surface area contributed by atoms with Crippen LogP contribution in [0.2, 0.25) is 0 Å². The molecule has 0 aromatic heterocycles. The lowest BCUT2D eigenvalue weighted by molar-refractivity contribution is 0.0395. The summed E-state index contributed by atoms with van der Waals surface area (Å²) in [6.45, 7) is 6.30. The number of thioether (sulfide) groups is 1. The van der Waals surface area contributed by atoms with Crippen LogP contribution < -0.4 is 0 Å². The fourth-order valence-electron chi connectivity index (χ4n) is 1.82. The maximum Gasteiger partial charge on any atom is 0.339 e. The van der Waals surface area contributed by atoms with Gasteiger partial charge in [-0.2, -0.15) is 0 Å². The minimum Gasteiger partial charge on any atom is -0.447 e. The molecule has 0 radical (unpaired) electrons. The van der Waals surface area contributed by atoms with Crippen LogP contribution in [0.5, 0.6) is 0 Å². The number of esters is 1. The summed E-state index contributed by atoms with van der Waals surface area (Å²) in [5.74, 6) is 0.0952. The molecule has 0 heterocycles. The van der Waals surface area contributed by atoms with Gasteiger partial charge in [0.05, 0.1) is 5.56 Å². The molecule has 0 fully saturated rings. The summed E-state index contributed by atoms with van der Waals surface area (Å²) in [7, 11) is 0. The van der Waals surface area contributed by atoms with Gasteiger partial charge in [0.1, 0.15) is 5.44 Å². The first-order chi connectivity index (χ1) is 9.08. The van der Waals surface area contributed by atoms with Gasteiger partial charge >= 0.3 is 5.97 Å². The molecule has 1 aromatic carbocycles. The molecule has 0 spiro atoms. The molecule has 0 aliphatic heterocycles. The molecule has 0 saturated heterocycles. The number of aryl methyl sites for hydroxylation is 1. The average Bonchev–Trinajstić information content (AvgIpc) is 2.42. The Morgan fingerprint density at radius 1 is 1.26 bits per heavy atom. The van der Waals surface area contributed by atoms with Gasteiger partial charge in [-0.1, -0.05) is 39.3 Å². The van der Waals surface area contributed by atoms with Crippen molar-refractivity contribution in [1.82, 2.24) is 0 Å². The molecule has 19 heavy (non-hydrogen) atoms. The fourth-order valence-corrected chi connectivity index (χ4v) is 2.55. The fraction of sp³-hybridized carbons (Fsp3) is 0.562. The molecule has 1 rings (SSSR count). The van der Waals surface area contributed by atoms with Crippen LogP contribution in [0, 0.1) is 5.92 Å². The molecule has 0 amide bonds. The van der Waals surface area contributed by atoms with E-state index >= 15 is 0 Å². The van der Waals surface area contributed by atoms with E-state index in [1.54, 1.807) is 11.8 Å². The van der Waals surface area contributed by atoms with E-state index in [-0.39, 0.29) is 11.4 Å². The lowest BCUT2D eigenvalue weighted by Crippen LogP contribution is -2.20. The molecule has 1 atom stereocenters. The molecule has 1 aromatic rings. The summed E-state index contributed by atoms with van der Waals surface area (Å²) >= 11 is 1.57. The van der Waals surface area contributed by atoms with E-state index in [0.29, 0.717) is 11.5 Å². The van der Waals surface area contributed by atoms with Crippen LogP contribution in [-0.4, -0.2) is 17.7 Å². The summed E-state index contributed by atoms with van der Waals surface area (Å²) in [5, 5.41) is 0. The second-order valence-electron chi connectivity index (χ2n) is 5.05. The Labute approximate surface area is 120 Å². The van der Waals surface area contributed by atoms with E-state index in [0.717, 1.165) is 6.42 Å². The molecule has 0 N–H and O–H groups in total. The first kappa shape index (κ1) is 16.1. The third-order valence-corrected chi connectivity index (χ3v) is 4.11. The van der Waals surface area contributed by atoms with Gasteiger partial charge in [0.25, 0.3) is 0 Å². The van der Waals surface area contributed by atoms with Gasteiger partial charge < -0.3 is 4.74 Å². The summed E-state index contributed by atoms with van der Waals surface area (Å²) in [5.41, 5.74) is 1.84. The standard InChI is InChI=1S/C16H24O2S/c1-5-6-7-13-8-10-14(11-9-13)15(17)18-16(19-4)12(2)3/h8-12,16H,5-7H2,1-4H3. The van der Waals surface area contributed by atoms with E-state index in [4.69, 9.17) is 4.74 Å². The molecular formula is C16H24O2S. The van der Waals surface area contributed by atoms with E-state index in [9.17, 15) is 4.79 Å². The van der Waals surface area contributed by atoms with Crippen LogP contribution in [0.3, 0.4) is 0 Å². The molecule has 0 bridgehead atoms. The van der Waals surface area contributed by atoms with Crippen molar-refractivity contribution < 1.29 is 9.53 Å². The summed E-state index contributed by atoms with van der Waals surface area (Å²) in [6, 6.07) is 7.78. The molecule has 1 unspecified atom stereocenters. The van der Waals surface area contributed by atoms with Crippen molar-refractivity contribution in [2.45, 2.75) is 45.5 Å². The Hall–Kier alpha value is -0.960. The highest BCUT2D eigenvalue weighted by Gasteiger charge is 2.18. The number of rotatable bonds is 7. The quantitative estimate of drug-likeness (QED) is 0.542. The van der Waals surface area contributed by atoms with Crippen LogP contribution >= 0.6 is 11.8 Å². The van der Waals surface area contributed by atoms with Crippen molar-refractivity contribution in [2.75, 3.05) is 6.26 Å². The number of hydrogen-bond acceptors (Lipinski definition) is 3. The Morgan fingerprint density at radius 3 is 2.37 bits per heavy atom. The Kier molecular flexibility index (Phi) is 7.00. The van der Waals surface area contributed by atoms with Gasteiger partial charge in [-0.25, -0.2) is 4.79 Å². The second-order valence-corrected chi connectivity index (χ2v) is 5.99. The number of carbonyl (C=O) groups is 1. The van der Waals surface area contributed by atoms with Gasteiger partial charge in [0.15, 0.2) is 0 Å². The molecule has 0 aliphatic carbocycles. The number of unbranched alkanes of at least 4 members (excludes halogenated alkanes) is 1. The number of benzene rings is 1. The summed E-state index contributed by atoms with van der Waals surface area (Å²) in [4.78, 5) is 12.0.